The summed E-state index contributed by atoms with van der Waals surface area (Å²) in [5.41, 5.74) is 2.78. The summed E-state index contributed by atoms with van der Waals surface area (Å²) in [7, 11) is 0. The molecule has 2 atom stereocenters. The molecule has 0 aliphatic carbocycles. The van der Waals surface area contributed by atoms with Crippen LogP contribution in [-0.2, 0) is 6.42 Å². The van der Waals surface area contributed by atoms with Gasteiger partial charge >= 0.3 is 0 Å². The highest BCUT2D eigenvalue weighted by Crippen LogP contribution is 2.41. The number of likely N-dealkylation sites (tertiary alicyclic amines) is 1. The van der Waals surface area contributed by atoms with E-state index in [1.165, 1.54) is 40.3 Å². The number of piperidine rings is 1. The third kappa shape index (κ3) is 3.90. The third-order valence-corrected chi connectivity index (χ3v) is 6.80. The standard InChI is InChI=1S/C21H25ClN2S/c1-2-24-11-5-6-17(14-24)23-19-13-15-12-16(22)9-10-20(15)25-21-8-4-3-7-18(19)21/h3-4,7-10,12,17,19,23H,2,5-6,11,13-14H2,1H3/t17-,19+/m1/s1. The highest BCUT2D eigenvalue weighted by molar-refractivity contribution is 7.99. The molecule has 2 nitrogen and oxygen atoms in total. The highest BCUT2D eigenvalue weighted by atomic mass is 35.5. The Labute approximate surface area is 159 Å². The second kappa shape index (κ2) is 7.71. The van der Waals surface area contributed by atoms with Crippen LogP contribution in [0.5, 0.6) is 0 Å². The molecule has 2 aliphatic rings. The van der Waals surface area contributed by atoms with Gasteiger partial charge in [0, 0.05) is 33.4 Å². The second-order valence-corrected chi connectivity index (χ2v) is 8.57. The molecule has 2 aromatic rings. The molecular weight excluding hydrogens is 348 g/mol. The lowest BCUT2D eigenvalue weighted by molar-refractivity contribution is 0.189. The van der Waals surface area contributed by atoms with Gasteiger partial charge in [0.2, 0.25) is 0 Å². The number of fused-ring (bicyclic) bond motifs is 2. The van der Waals surface area contributed by atoms with E-state index in [4.69, 9.17) is 11.6 Å². The molecule has 0 aromatic heterocycles. The zero-order valence-electron chi connectivity index (χ0n) is 14.7. The van der Waals surface area contributed by atoms with Gasteiger partial charge in [-0.05, 0) is 67.7 Å². The van der Waals surface area contributed by atoms with Crippen molar-refractivity contribution in [2.24, 2.45) is 0 Å². The number of benzene rings is 2. The number of likely N-dealkylation sites (N-methyl/N-ethyl adjacent to an activating group) is 1. The summed E-state index contributed by atoms with van der Waals surface area (Å²) in [5.74, 6) is 0. The molecule has 1 N–H and O–H groups in total. The molecule has 1 fully saturated rings. The lowest BCUT2D eigenvalue weighted by atomic mass is 9.96. The minimum atomic E-state index is 0.352. The highest BCUT2D eigenvalue weighted by Gasteiger charge is 2.27. The molecule has 25 heavy (non-hydrogen) atoms. The van der Waals surface area contributed by atoms with Gasteiger partial charge in [-0.15, -0.1) is 0 Å². The van der Waals surface area contributed by atoms with Crippen molar-refractivity contribution in [3.05, 3.63) is 58.6 Å². The molecule has 2 aromatic carbocycles. The fourth-order valence-electron chi connectivity index (χ4n) is 4.03. The fourth-order valence-corrected chi connectivity index (χ4v) is 5.34. The molecule has 2 heterocycles. The Balaban J connectivity index is 1.63. The summed E-state index contributed by atoms with van der Waals surface area (Å²) in [6.07, 6.45) is 3.56. The predicted octanol–water partition coefficient (Wildman–Crippen LogP) is 5.16. The van der Waals surface area contributed by atoms with Crippen LogP contribution in [0.25, 0.3) is 0 Å². The first kappa shape index (κ1) is 17.4. The molecule has 0 amide bonds. The smallest absolute Gasteiger partial charge is 0.0409 e. The Bertz CT molecular complexity index is 748. The summed E-state index contributed by atoms with van der Waals surface area (Å²) >= 11 is 8.16. The van der Waals surface area contributed by atoms with E-state index in [2.05, 4.69) is 53.5 Å². The first-order valence-electron chi connectivity index (χ1n) is 9.26. The number of hydrogen-bond donors (Lipinski definition) is 1. The van der Waals surface area contributed by atoms with Crippen LogP contribution in [0.15, 0.2) is 52.3 Å². The predicted molar refractivity (Wildman–Crippen MR) is 107 cm³/mol. The minimum Gasteiger partial charge on any atom is -0.306 e. The van der Waals surface area contributed by atoms with Crippen LogP contribution in [0.3, 0.4) is 0 Å². The van der Waals surface area contributed by atoms with Crippen LogP contribution in [-0.4, -0.2) is 30.6 Å². The molecule has 2 aliphatic heterocycles. The Morgan fingerprint density at radius 2 is 2.08 bits per heavy atom. The van der Waals surface area contributed by atoms with Gasteiger partial charge in [0.15, 0.2) is 0 Å². The van der Waals surface area contributed by atoms with Gasteiger partial charge in [-0.3, -0.25) is 0 Å². The second-order valence-electron chi connectivity index (χ2n) is 7.05. The van der Waals surface area contributed by atoms with Crippen molar-refractivity contribution in [3.63, 3.8) is 0 Å². The van der Waals surface area contributed by atoms with Crippen LogP contribution in [0.2, 0.25) is 5.02 Å². The molecule has 1 saturated heterocycles. The van der Waals surface area contributed by atoms with Crippen molar-refractivity contribution in [2.75, 3.05) is 19.6 Å². The molecule has 0 spiro atoms. The van der Waals surface area contributed by atoms with Gasteiger partial charge in [-0.25, -0.2) is 0 Å². The van der Waals surface area contributed by atoms with Crippen LogP contribution in [0.4, 0.5) is 0 Å². The van der Waals surface area contributed by atoms with Crippen molar-refractivity contribution < 1.29 is 0 Å². The van der Waals surface area contributed by atoms with Crippen LogP contribution >= 0.6 is 23.4 Å². The first-order valence-corrected chi connectivity index (χ1v) is 10.5. The zero-order chi connectivity index (χ0) is 17.2. The van der Waals surface area contributed by atoms with Gasteiger partial charge < -0.3 is 10.2 Å². The van der Waals surface area contributed by atoms with E-state index in [-0.39, 0.29) is 0 Å². The summed E-state index contributed by atoms with van der Waals surface area (Å²) < 4.78 is 0. The van der Waals surface area contributed by atoms with Gasteiger partial charge in [-0.2, -0.15) is 0 Å². The quantitative estimate of drug-likeness (QED) is 0.800. The minimum absolute atomic E-state index is 0.352. The number of nitrogens with zero attached hydrogens (tertiary/aromatic N) is 1. The van der Waals surface area contributed by atoms with Gasteiger partial charge in [0.05, 0.1) is 0 Å². The maximum absolute atomic E-state index is 6.28. The molecule has 0 saturated carbocycles. The van der Waals surface area contributed by atoms with Crippen LogP contribution in [0.1, 0.15) is 36.9 Å². The maximum Gasteiger partial charge on any atom is 0.0409 e. The number of rotatable bonds is 3. The SMILES string of the molecule is CCN1CCC[C@@H](N[C@H]2Cc3cc(Cl)ccc3Sc3ccccc32)C1. The summed E-state index contributed by atoms with van der Waals surface area (Å²) in [6, 6.07) is 16.1. The number of nitrogens with one attached hydrogen (secondary N) is 1. The van der Waals surface area contributed by atoms with Crippen LogP contribution < -0.4 is 5.32 Å². The summed E-state index contributed by atoms with van der Waals surface area (Å²) in [5, 5.41) is 4.81. The molecule has 4 heteroatoms. The monoisotopic (exact) mass is 372 g/mol. The fraction of sp³-hybridized carbons (Fsp3) is 0.429. The number of hydrogen-bond acceptors (Lipinski definition) is 3. The molecule has 132 valence electrons. The van der Waals surface area contributed by atoms with Crippen molar-refractivity contribution in [3.8, 4) is 0 Å². The van der Waals surface area contributed by atoms with Gasteiger partial charge in [0.1, 0.15) is 0 Å². The van der Waals surface area contributed by atoms with Crippen molar-refractivity contribution in [1.82, 2.24) is 10.2 Å². The van der Waals surface area contributed by atoms with E-state index in [9.17, 15) is 0 Å². The molecular formula is C21H25ClN2S. The average Bonchev–Trinajstić information content (AvgIpc) is 2.78. The molecule has 4 rings (SSSR count). The normalized spacial score (nSPS) is 23.6. The van der Waals surface area contributed by atoms with E-state index < -0.39 is 0 Å². The Hall–Kier alpha value is -1.00. The zero-order valence-corrected chi connectivity index (χ0v) is 16.2. The van der Waals surface area contributed by atoms with E-state index in [0.29, 0.717) is 12.1 Å². The number of halogens is 1. The van der Waals surface area contributed by atoms with Gasteiger partial charge in [0.25, 0.3) is 0 Å². The Kier molecular flexibility index (Phi) is 5.37. The lowest BCUT2D eigenvalue weighted by Crippen LogP contribution is -2.47. The summed E-state index contributed by atoms with van der Waals surface area (Å²) in [6.45, 7) is 5.81. The largest absolute Gasteiger partial charge is 0.306 e. The molecule has 0 radical (unpaired) electrons. The van der Waals surface area contributed by atoms with Crippen LogP contribution in [0, 0.1) is 0 Å². The summed E-state index contributed by atoms with van der Waals surface area (Å²) in [4.78, 5) is 5.26. The molecule has 0 bridgehead atoms. The Morgan fingerprint density at radius 3 is 2.96 bits per heavy atom. The third-order valence-electron chi connectivity index (χ3n) is 5.35. The van der Waals surface area contributed by atoms with Crippen molar-refractivity contribution in [2.45, 2.75) is 48.1 Å². The molecule has 0 unspecified atom stereocenters. The Morgan fingerprint density at radius 1 is 1.20 bits per heavy atom. The lowest BCUT2D eigenvalue weighted by Gasteiger charge is -2.35. The van der Waals surface area contributed by atoms with Crippen molar-refractivity contribution in [1.29, 1.82) is 0 Å². The van der Waals surface area contributed by atoms with Crippen molar-refractivity contribution >= 4 is 23.4 Å². The van der Waals surface area contributed by atoms with E-state index >= 15 is 0 Å². The van der Waals surface area contributed by atoms with E-state index in [1.54, 1.807) is 0 Å². The van der Waals surface area contributed by atoms with E-state index in [1.807, 2.05) is 17.8 Å². The average molecular weight is 373 g/mol. The first-order chi connectivity index (χ1) is 12.2. The topological polar surface area (TPSA) is 15.3 Å². The van der Waals surface area contributed by atoms with Gasteiger partial charge in [-0.1, -0.05) is 48.5 Å². The van der Waals surface area contributed by atoms with E-state index in [0.717, 1.165) is 24.5 Å². The maximum atomic E-state index is 6.28.